The van der Waals surface area contributed by atoms with Crippen molar-refractivity contribution in [1.82, 2.24) is 9.78 Å². The van der Waals surface area contributed by atoms with Gasteiger partial charge in [-0.25, -0.2) is 4.79 Å². The zero-order valence-electron chi connectivity index (χ0n) is 8.82. The molecule has 2 aromatic rings. The monoisotopic (exact) mass is 267 g/mol. The predicted octanol–water partition coefficient (Wildman–Crippen LogP) is 2.49. The van der Waals surface area contributed by atoms with Crippen LogP contribution in [0.15, 0.2) is 36.7 Å². The number of ether oxygens (including phenoxy) is 1. The SMILES string of the molecule is O=C(Oc1ccc([N+](=O)[O-])cc1)n1cc(Cl)cn1. The number of nitro groups is 1. The first-order valence-corrected chi connectivity index (χ1v) is 5.11. The van der Waals surface area contributed by atoms with Crippen LogP contribution >= 0.6 is 11.6 Å². The van der Waals surface area contributed by atoms with E-state index in [1.807, 2.05) is 0 Å². The zero-order chi connectivity index (χ0) is 13.1. The Morgan fingerprint density at radius 1 is 1.39 bits per heavy atom. The summed E-state index contributed by atoms with van der Waals surface area (Å²) in [6, 6.07) is 5.11. The standard InChI is InChI=1S/C10H6ClN3O4/c11-7-5-12-13(6-7)10(15)18-9-3-1-8(2-4-9)14(16)17/h1-6H. The van der Waals surface area contributed by atoms with Crippen LogP contribution in [-0.4, -0.2) is 20.8 Å². The van der Waals surface area contributed by atoms with Gasteiger partial charge in [0, 0.05) is 12.1 Å². The maximum Gasteiger partial charge on any atom is 0.440 e. The van der Waals surface area contributed by atoms with E-state index in [-0.39, 0.29) is 11.4 Å². The third-order valence-electron chi connectivity index (χ3n) is 1.99. The molecule has 0 fully saturated rings. The van der Waals surface area contributed by atoms with Gasteiger partial charge in [-0.1, -0.05) is 11.6 Å². The predicted molar refractivity (Wildman–Crippen MR) is 61.8 cm³/mol. The number of halogens is 1. The summed E-state index contributed by atoms with van der Waals surface area (Å²) in [7, 11) is 0. The fourth-order valence-corrected chi connectivity index (χ4v) is 1.32. The summed E-state index contributed by atoms with van der Waals surface area (Å²) in [6.07, 6.45) is 1.82. The van der Waals surface area contributed by atoms with Crippen molar-refractivity contribution in [1.29, 1.82) is 0 Å². The molecule has 0 bridgehead atoms. The van der Waals surface area contributed by atoms with E-state index in [0.29, 0.717) is 5.02 Å². The molecular formula is C10H6ClN3O4. The number of non-ortho nitro benzene ring substituents is 1. The molecule has 0 atom stereocenters. The molecule has 0 radical (unpaired) electrons. The Labute approximate surface area is 106 Å². The molecule has 0 amide bonds. The number of carbonyl (C=O) groups excluding carboxylic acids is 1. The second-order valence-electron chi connectivity index (χ2n) is 3.22. The third kappa shape index (κ3) is 2.64. The maximum atomic E-state index is 11.5. The smallest absolute Gasteiger partial charge is 0.409 e. The molecule has 0 spiro atoms. The summed E-state index contributed by atoms with van der Waals surface area (Å²) < 4.78 is 5.85. The lowest BCUT2D eigenvalue weighted by Gasteiger charge is -2.02. The molecule has 0 aliphatic heterocycles. The largest absolute Gasteiger partial charge is 0.440 e. The lowest BCUT2D eigenvalue weighted by Crippen LogP contribution is -2.16. The van der Waals surface area contributed by atoms with E-state index in [0.717, 1.165) is 4.68 Å². The zero-order valence-corrected chi connectivity index (χ0v) is 9.57. The molecule has 0 aliphatic carbocycles. The lowest BCUT2D eigenvalue weighted by molar-refractivity contribution is -0.384. The van der Waals surface area contributed by atoms with E-state index >= 15 is 0 Å². The molecule has 8 heteroatoms. The summed E-state index contributed by atoms with van der Waals surface area (Å²) in [4.78, 5) is 21.4. The van der Waals surface area contributed by atoms with Crippen molar-refractivity contribution in [3.63, 3.8) is 0 Å². The molecule has 1 heterocycles. The van der Waals surface area contributed by atoms with Gasteiger partial charge >= 0.3 is 6.09 Å². The van der Waals surface area contributed by atoms with Gasteiger partial charge in [0.25, 0.3) is 5.69 Å². The van der Waals surface area contributed by atoms with E-state index in [1.165, 1.54) is 36.7 Å². The number of benzene rings is 1. The Morgan fingerprint density at radius 2 is 2.06 bits per heavy atom. The van der Waals surface area contributed by atoms with E-state index in [9.17, 15) is 14.9 Å². The van der Waals surface area contributed by atoms with Crippen molar-refractivity contribution in [2.24, 2.45) is 0 Å². The third-order valence-corrected chi connectivity index (χ3v) is 2.19. The van der Waals surface area contributed by atoms with Crippen LogP contribution in [0.4, 0.5) is 10.5 Å². The molecular weight excluding hydrogens is 262 g/mol. The normalized spacial score (nSPS) is 10.1. The van der Waals surface area contributed by atoms with Crippen molar-refractivity contribution < 1.29 is 14.5 Å². The van der Waals surface area contributed by atoms with Crippen molar-refractivity contribution in [3.8, 4) is 5.75 Å². The van der Waals surface area contributed by atoms with Crippen molar-refractivity contribution in [2.75, 3.05) is 0 Å². The molecule has 2 rings (SSSR count). The van der Waals surface area contributed by atoms with Gasteiger partial charge in [0.2, 0.25) is 0 Å². The van der Waals surface area contributed by atoms with E-state index in [4.69, 9.17) is 16.3 Å². The number of nitro benzene ring substituents is 1. The number of hydrogen-bond acceptors (Lipinski definition) is 5. The van der Waals surface area contributed by atoms with Gasteiger partial charge in [-0.05, 0) is 12.1 Å². The quantitative estimate of drug-likeness (QED) is 0.616. The number of aromatic nitrogens is 2. The van der Waals surface area contributed by atoms with Crippen molar-refractivity contribution in [2.45, 2.75) is 0 Å². The van der Waals surface area contributed by atoms with Gasteiger partial charge < -0.3 is 4.74 Å². The minimum absolute atomic E-state index is 0.0862. The Morgan fingerprint density at radius 3 is 2.56 bits per heavy atom. The first-order chi connectivity index (χ1) is 8.56. The average molecular weight is 268 g/mol. The number of carbonyl (C=O) groups is 1. The summed E-state index contributed by atoms with van der Waals surface area (Å²) in [5.74, 6) is 0.178. The van der Waals surface area contributed by atoms with Crippen LogP contribution in [-0.2, 0) is 0 Å². The van der Waals surface area contributed by atoms with Gasteiger partial charge in [-0.2, -0.15) is 9.78 Å². The first kappa shape index (κ1) is 12.1. The Bertz CT molecular complexity index is 593. The van der Waals surface area contributed by atoms with Gasteiger partial charge in [0.05, 0.1) is 22.3 Å². The number of hydrogen-bond donors (Lipinski definition) is 0. The minimum atomic E-state index is -0.754. The molecule has 1 aromatic heterocycles. The van der Waals surface area contributed by atoms with Crippen LogP contribution in [0.2, 0.25) is 5.02 Å². The van der Waals surface area contributed by atoms with Crippen LogP contribution in [0.3, 0.4) is 0 Å². The van der Waals surface area contributed by atoms with E-state index in [1.54, 1.807) is 0 Å². The Balaban J connectivity index is 2.10. The molecule has 0 unspecified atom stereocenters. The fourth-order valence-electron chi connectivity index (χ4n) is 1.18. The summed E-state index contributed by atoms with van der Waals surface area (Å²) in [5.41, 5.74) is -0.0862. The topological polar surface area (TPSA) is 87.3 Å². The minimum Gasteiger partial charge on any atom is -0.409 e. The highest BCUT2D eigenvalue weighted by molar-refractivity contribution is 6.30. The van der Waals surface area contributed by atoms with Crippen LogP contribution in [0, 0.1) is 10.1 Å². The van der Waals surface area contributed by atoms with Gasteiger partial charge in [-0.3, -0.25) is 10.1 Å². The Kier molecular flexibility index (Phi) is 3.24. The van der Waals surface area contributed by atoms with E-state index in [2.05, 4.69) is 5.10 Å². The second kappa shape index (κ2) is 4.84. The summed E-state index contributed by atoms with van der Waals surface area (Å²) in [6.45, 7) is 0. The highest BCUT2D eigenvalue weighted by Gasteiger charge is 2.10. The Hall–Kier alpha value is -2.41. The van der Waals surface area contributed by atoms with Crippen LogP contribution < -0.4 is 4.74 Å². The molecule has 1 aromatic carbocycles. The fraction of sp³-hybridized carbons (Fsp3) is 0. The first-order valence-electron chi connectivity index (χ1n) is 4.73. The van der Waals surface area contributed by atoms with Gasteiger partial charge in [0.15, 0.2) is 0 Å². The number of rotatable bonds is 2. The molecule has 0 aliphatic rings. The average Bonchev–Trinajstić information content (AvgIpc) is 2.76. The number of nitrogens with zero attached hydrogens (tertiary/aromatic N) is 3. The molecule has 0 saturated carbocycles. The van der Waals surface area contributed by atoms with Gasteiger partial charge in [-0.15, -0.1) is 0 Å². The lowest BCUT2D eigenvalue weighted by atomic mass is 10.3. The van der Waals surface area contributed by atoms with Crippen LogP contribution in [0.1, 0.15) is 0 Å². The highest BCUT2D eigenvalue weighted by atomic mass is 35.5. The molecule has 92 valence electrons. The van der Waals surface area contributed by atoms with Crippen molar-refractivity contribution >= 4 is 23.4 Å². The van der Waals surface area contributed by atoms with Crippen LogP contribution in [0.25, 0.3) is 0 Å². The maximum absolute atomic E-state index is 11.5. The molecule has 18 heavy (non-hydrogen) atoms. The van der Waals surface area contributed by atoms with E-state index < -0.39 is 11.0 Å². The highest BCUT2D eigenvalue weighted by Crippen LogP contribution is 2.17. The van der Waals surface area contributed by atoms with Crippen molar-refractivity contribution in [3.05, 3.63) is 51.8 Å². The summed E-state index contributed by atoms with van der Waals surface area (Å²) >= 11 is 5.60. The van der Waals surface area contributed by atoms with Gasteiger partial charge in [0.1, 0.15) is 5.75 Å². The van der Waals surface area contributed by atoms with Crippen LogP contribution in [0.5, 0.6) is 5.75 Å². The second-order valence-corrected chi connectivity index (χ2v) is 3.66. The molecule has 0 saturated heterocycles. The molecule has 7 nitrogen and oxygen atoms in total. The molecule has 0 N–H and O–H groups in total. The summed E-state index contributed by atoms with van der Waals surface area (Å²) in [5, 5.41) is 14.4.